The van der Waals surface area contributed by atoms with Crippen LogP contribution in [0.4, 0.5) is 0 Å². The minimum atomic E-state index is -0.432. The van der Waals surface area contributed by atoms with Crippen LogP contribution < -0.4 is 0 Å². The fourth-order valence-corrected chi connectivity index (χ4v) is 8.78. The Hall–Kier alpha value is -2.16. The van der Waals surface area contributed by atoms with Gasteiger partial charge < -0.3 is 18.9 Å². The number of hydrogen-bond donors (Lipinski definition) is 0. The molecule has 9 heteroatoms. The minimum Gasteiger partial charge on any atom is -0.466 e. The number of nitrogens with zero attached hydrogens (tertiary/aromatic N) is 1. The summed E-state index contributed by atoms with van der Waals surface area (Å²) in [6, 6.07) is -0.432. The number of rotatable bonds is 45. The van der Waals surface area contributed by atoms with E-state index in [9.17, 15) is 19.2 Å². The zero-order valence-corrected chi connectivity index (χ0v) is 42.9. The lowest BCUT2D eigenvalue weighted by Gasteiger charge is -2.22. The molecule has 1 aliphatic rings. The Bertz CT molecular complexity index is 1110. The maximum Gasteiger partial charge on any atom is 0.323 e. The maximum atomic E-state index is 13.4. The minimum absolute atomic E-state index is 0.0471. The quantitative estimate of drug-likeness (QED) is 0.0335. The molecule has 2 unspecified atom stereocenters. The van der Waals surface area contributed by atoms with Gasteiger partial charge in [-0.05, 0) is 89.0 Å². The van der Waals surface area contributed by atoms with Gasteiger partial charge in [0.25, 0.3) is 0 Å². The summed E-state index contributed by atoms with van der Waals surface area (Å²) in [5, 5.41) is 0. The second kappa shape index (κ2) is 42.2. The summed E-state index contributed by atoms with van der Waals surface area (Å²) >= 11 is 0. The van der Waals surface area contributed by atoms with Crippen LogP contribution >= 0.6 is 0 Å². The average molecular weight is 906 g/mol. The van der Waals surface area contributed by atoms with Crippen molar-refractivity contribution in [3.05, 3.63) is 0 Å². The fraction of sp³-hybridized carbons (Fsp3) is 0.927. The smallest absolute Gasteiger partial charge is 0.323 e. The second-order valence-corrected chi connectivity index (χ2v) is 19.9. The van der Waals surface area contributed by atoms with E-state index in [1.807, 2.05) is 0 Å². The Balaban J connectivity index is 2.43. The summed E-state index contributed by atoms with van der Waals surface area (Å²) in [6.07, 6.45) is 37.5. The Kier molecular flexibility index (Phi) is 39.5. The van der Waals surface area contributed by atoms with Crippen molar-refractivity contribution in [2.45, 2.75) is 291 Å². The van der Waals surface area contributed by atoms with E-state index < -0.39 is 6.04 Å². The zero-order chi connectivity index (χ0) is 46.9. The number of carbonyl (C=O) groups excluding carboxylic acids is 4. The van der Waals surface area contributed by atoms with E-state index in [-0.39, 0.29) is 36.1 Å². The lowest BCUT2D eigenvalue weighted by atomic mass is 9.93. The molecule has 64 heavy (non-hydrogen) atoms. The summed E-state index contributed by atoms with van der Waals surface area (Å²) in [6.45, 7) is 15.3. The molecule has 0 N–H and O–H groups in total. The molecule has 376 valence electrons. The van der Waals surface area contributed by atoms with Crippen LogP contribution in [0.5, 0.6) is 0 Å². The van der Waals surface area contributed by atoms with Crippen molar-refractivity contribution in [1.82, 2.24) is 4.90 Å². The van der Waals surface area contributed by atoms with Crippen molar-refractivity contribution >= 4 is 23.9 Å². The van der Waals surface area contributed by atoms with E-state index in [2.05, 4.69) is 46.4 Å². The molecule has 3 atom stereocenters. The maximum absolute atomic E-state index is 13.4. The summed E-state index contributed by atoms with van der Waals surface area (Å²) in [7, 11) is 0. The first-order valence-electron chi connectivity index (χ1n) is 27.6. The molecule has 0 amide bonds. The van der Waals surface area contributed by atoms with Gasteiger partial charge in [0, 0.05) is 32.2 Å². The monoisotopic (exact) mass is 906 g/mol. The molecule has 1 saturated heterocycles. The molecule has 0 saturated carbocycles. The standard InChI is InChI=1S/C55H103NO8/c1-7-10-13-16-19-20-21-25-31-38-52(57)61-43-35-28-33-42-56-46-50(64-54(59)41-40-48(6)47(4)5)45-51(56)55(60)62-44-34-27-22-26-32-39-53(58)63-49(36-29-23-17-14-11-8-2)37-30-24-18-15-12-9-3/h47-51H,7-46H2,1-6H3/t48?,50?,51-/m0/s1. The largest absolute Gasteiger partial charge is 0.466 e. The number of esters is 4. The van der Waals surface area contributed by atoms with Crippen LogP contribution in [0.15, 0.2) is 0 Å². The number of carbonyl (C=O) groups is 4. The van der Waals surface area contributed by atoms with E-state index in [0.717, 1.165) is 96.3 Å². The Labute approximate surface area is 394 Å². The van der Waals surface area contributed by atoms with Gasteiger partial charge in [0.1, 0.15) is 18.2 Å². The summed E-state index contributed by atoms with van der Waals surface area (Å²) in [5.74, 6) is 0.380. The zero-order valence-electron chi connectivity index (χ0n) is 42.9. The first kappa shape index (κ1) is 59.9. The van der Waals surface area contributed by atoms with E-state index in [0.29, 0.717) is 63.8 Å². The Morgan fingerprint density at radius 2 is 0.938 bits per heavy atom. The number of hydrogen-bond acceptors (Lipinski definition) is 9. The van der Waals surface area contributed by atoms with Gasteiger partial charge in [-0.25, -0.2) is 0 Å². The highest BCUT2D eigenvalue weighted by atomic mass is 16.6. The first-order chi connectivity index (χ1) is 31.1. The lowest BCUT2D eigenvalue weighted by Crippen LogP contribution is -2.38. The highest BCUT2D eigenvalue weighted by Crippen LogP contribution is 2.25. The van der Waals surface area contributed by atoms with Crippen LogP contribution in [0.1, 0.15) is 273 Å². The van der Waals surface area contributed by atoms with Crippen molar-refractivity contribution < 1.29 is 38.1 Å². The van der Waals surface area contributed by atoms with Gasteiger partial charge in [-0.15, -0.1) is 0 Å². The molecule has 9 nitrogen and oxygen atoms in total. The average Bonchev–Trinajstić information content (AvgIpc) is 3.68. The molecule has 0 aromatic carbocycles. The van der Waals surface area contributed by atoms with Crippen LogP contribution in [0.3, 0.4) is 0 Å². The Morgan fingerprint density at radius 1 is 0.484 bits per heavy atom. The van der Waals surface area contributed by atoms with Gasteiger partial charge >= 0.3 is 23.9 Å². The van der Waals surface area contributed by atoms with Gasteiger partial charge in [0.05, 0.1) is 13.2 Å². The van der Waals surface area contributed by atoms with Gasteiger partial charge in [0.2, 0.25) is 0 Å². The molecule has 0 aromatic rings. The lowest BCUT2D eigenvalue weighted by molar-refractivity contribution is -0.151. The summed E-state index contributed by atoms with van der Waals surface area (Å²) in [5.41, 5.74) is 0. The highest BCUT2D eigenvalue weighted by molar-refractivity contribution is 5.76. The normalized spacial score (nSPS) is 15.8. The molecular formula is C55H103NO8. The molecule has 1 heterocycles. The fourth-order valence-electron chi connectivity index (χ4n) is 8.78. The van der Waals surface area contributed by atoms with Crippen LogP contribution in [0, 0.1) is 11.8 Å². The second-order valence-electron chi connectivity index (χ2n) is 19.9. The van der Waals surface area contributed by atoms with Crippen molar-refractivity contribution in [3.63, 3.8) is 0 Å². The van der Waals surface area contributed by atoms with Crippen LogP contribution in [-0.4, -0.2) is 73.3 Å². The third-order valence-electron chi connectivity index (χ3n) is 13.5. The van der Waals surface area contributed by atoms with Crippen molar-refractivity contribution in [3.8, 4) is 0 Å². The molecular weight excluding hydrogens is 803 g/mol. The summed E-state index contributed by atoms with van der Waals surface area (Å²) in [4.78, 5) is 53.4. The van der Waals surface area contributed by atoms with E-state index in [4.69, 9.17) is 18.9 Å². The van der Waals surface area contributed by atoms with E-state index >= 15 is 0 Å². The van der Waals surface area contributed by atoms with Crippen molar-refractivity contribution in [2.24, 2.45) is 11.8 Å². The van der Waals surface area contributed by atoms with Gasteiger partial charge in [0.15, 0.2) is 0 Å². The predicted octanol–water partition coefficient (Wildman–Crippen LogP) is 15.0. The van der Waals surface area contributed by atoms with E-state index in [1.165, 1.54) is 109 Å². The number of likely N-dealkylation sites (tertiary alicyclic amines) is 1. The molecule has 0 aliphatic carbocycles. The third kappa shape index (κ3) is 34.2. The molecule has 0 bridgehead atoms. The molecule has 1 aliphatic heterocycles. The van der Waals surface area contributed by atoms with Crippen LogP contribution in [0.2, 0.25) is 0 Å². The Morgan fingerprint density at radius 3 is 1.47 bits per heavy atom. The SMILES string of the molecule is CCCCCCCCCCCC(=O)OCCCCCN1CC(OC(=O)CCC(C)C(C)C)C[C@H]1C(=O)OCCCCCCCC(=O)OC(CCCCCCCC)CCCCCCCC. The predicted molar refractivity (Wildman–Crippen MR) is 264 cm³/mol. The van der Waals surface area contributed by atoms with Gasteiger partial charge in [-0.3, -0.25) is 24.1 Å². The third-order valence-corrected chi connectivity index (χ3v) is 13.5. The topological polar surface area (TPSA) is 108 Å². The molecule has 0 radical (unpaired) electrons. The van der Waals surface area contributed by atoms with Crippen LogP contribution in [-0.2, 0) is 38.1 Å². The highest BCUT2D eigenvalue weighted by Gasteiger charge is 2.39. The van der Waals surface area contributed by atoms with E-state index in [1.54, 1.807) is 0 Å². The molecule has 0 spiro atoms. The summed E-state index contributed by atoms with van der Waals surface area (Å²) < 4.78 is 23.3. The van der Waals surface area contributed by atoms with Gasteiger partial charge in [-0.1, -0.05) is 176 Å². The van der Waals surface area contributed by atoms with Crippen LogP contribution in [0.25, 0.3) is 0 Å². The molecule has 1 rings (SSSR count). The molecule has 0 aromatic heterocycles. The number of ether oxygens (including phenoxy) is 4. The molecule has 1 fully saturated rings. The van der Waals surface area contributed by atoms with Crippen molar-refractivity contribution in [1.29, 1.82) is 0 Å². The first-order valence-corrected chi connectivity index (χ1v) is 27.6. The van der Waals surface area contributed by atoms with Crippen molar-refractivity contribution in [2.75, 3.05) is 26.3 Å². The van der Waals surface area contributed by atoms with Gasteiger partial charge in [-0.2, -0.15) is 0 Å². The number of unbranched alkanes of at least 4 members (excludes halogenated alkanes) is 24.